The number of nitrogens with two attached hydrogens (primary N) is 2. The van der Waals surface area contributed by atoms with E-state index in [0.717, 1.165) is 24.2 Å². The molecule has 100 valence electrons. The Hall–Kier alpha value is -2.07. The molecule has 1 heterocycles. The number of anilines is 1. The molecular weight excluding hydrogens is 238 g/mol. The molecule has 0 radical (unpaired) electrons. The molecular formula is C15H19N3O. The fraction of sp³-hybridized carbons (Fsp3) is 0.267. The number of ether oxygens (including phenoxy) is 1. The maximum absolute atomic E-state index is 6.08. The second kappa shape index (κ2) is 6.75. The summed E-state index contributed by atoms with van der Waals surface area (Å²) in [5.41, 5.74) is 12.8. The van der Waals surface area contributed by atoms with Gasteiger partial charge in [-0.2, -0.15) is 0 Å². The molecule has 4 nitrogen and oxygen atoms in total. The molecule has 0 aliphatic heterocycles. The number of nitrogens with zero attached hydrogens (tertiary/aromatic N) is 1. The first-order chi connectivity index (χ1) is 9.24. The van der Waals surface area contributed by atoms with Crippen molar-refractivity contribution in [3.8, 4) is 5.75 Å². The van der Waals surface area contributed by atoms with Crippen LogP contribution in [-0.2, 0) is 6.42 Å². The number of hydrogen-bond acceptors (Lipinski definition) is 4. The Morgan fingerprint density at radius 3 is 2.68 bits per heavy atom. The molecule has 0 spiro atoms. The summed E-state index contributed by atoms with van der Waals surface area (Å²) in [5, 5.41) is 0. The molecule has 0 bridgehead atoms. The summed E-state index contributed by atoms with van der Waals surface area (Å²) in [5.74, 6) is 1.41. The van der Waals surface area contributed by atoms with E-state index in [1.807, 2.05) is 42.5 Å². The van der Waals surface area contributed by atoms with Crippen LogP contribution in [0.3, 0.4) is 0 Å². The maximum Gasteiger partial charge on any atom is 0.123 e. The van der Waals surface area contributed by atoms with E-state index < -0.39 is 0 Å². The van der Waals surface area contributed by atoms with Gasteiger partial charge in [0.15, 0.2) is 0 Å². The Labute approximate surface area is 113 Å². The van der Waals surface area contributed by atoms with Gasteiger partial charge >= 0.3 is 0 Å². The molecule has 0 aliphatic carbocycles. The Morgan fingerprint density at radius 1 is 1.16 bits per heavy atom. The third-order valence-electron chi connectivity index (χ3n) is 2.84. The van der Waals surface area contributed by atoms with Gasteiger partial charge in [-0.1, -0.05) is 18.2 Å². The van der Waals surface area contributed by atoms with Gasteiger partial charge in [0.05, 0.1) is 6.61 Å². The fourth-order valence-corrected chi connectivity index (χ4v) is 1.87. The summed E-state index contributed by atoms with van der Waals surface area (Å²) in [6, 6.07) is 13.6. The molecule has 1 unspecified atom stereocenters. The zero-order chi connectivity index (χ0) is 13.5. The number of nitrogen functional groups attached to an aromatic ring is 1. The van der Waals surface area contributed by atoms with Crippen molar-refractivity contribution in [2.45, 2.75) is 18.9 Å². The topological polar surface area (TPSA) is 74.2 Å². The minimum atomic E-state index is 0.0607. The monoisotopic (exact) mass is 257 g/mol. The molecule has 0 saturated carbocycles. The number of rotatable bonds is 6. The van der Waals surface area contributed by atoms with Crippen molar-refractivity contribution < 1.29 is 4.74 Å². The third-order valence-corrected chi connectivity index (χ3v) is 2.84. The summed E-state index contributed by atoms with van der Waals surface area (Å²) < 4.78 is 5.62. The van der Waals surface area contributed by atoms with Gasteiger partial charge < -0.3 is 16.2 Å². The average Bonchev–Trinajstić information content (AvgIpc) is 2.40. The zero-order valence-corrected chi connectivity index (χ0v) is 10.8. The Balaban J connectivity index is 1.74. The highest BCUT2D eigenvalue weighted by Crippen LogP contribution is 2.10. The number of benzene rings is 1. The lowest BCUT2D eigenvalue weighted by molar-refractivity contribution is 0.297. The standard InChI is InChI=1S/C15H19N3O/c16-13(10-12-6-8-18-15(17)11-12)7-9-19-14-4-2-1-3-5-14/h1-6,8,11,13H,7,9-10,16H2,(H2,17,18). The van der Waals surface area contributed by atoms with E-state index in [1.54, 1.807) is 6.20 Å². The SMILES string of the molecule is Nc1cc(CC(N)CCOc2ccccc2)ccn1. The quantitative estimate of drug-likeness (QED) is 0.830. The molecule has 1 aromatic heterocycles. The molecule has 0 saturated heterocycles. The molecule has 4 N–H and O–H groups in total. The highest BCUT2D eigenvalue weighted by molar-refractivity contribution is 5.32. The summed E-state index contributed by atoms with van der Waals surface area (Å²) >= 11 is 0. The predicted molar refractivity (Wildman–Crippen MR) is 76.9 cm³/mol. The van der Waals surface area contributed by atoms with Gasteiger partial charge in [0, 0.05) is 12.2 Å². The van der Waals surface area contributed by atoms with E-state index in [4.69, 9.17) is 16.2 Å². The van der Waals surface area contributed by atoms with E-state index in [2.05, 4.69) is 4.98 Å². The second-order valence-corrected chi connectivity index (χ2v) is 4.50. The number of pyridine rings is 1. The highest BCUT2D eigenvalue weighted by Gasteiger charge is 2.05. The minimum Gasteiger partial charge on any atom is -0.494 e. The smallest absolute Gasteiger partial charge is 0.123 e. The molecule has 0 amide bonds. The Morgan fingerprint density at radius 2 is 1.95 bits per heavy atom. The molecule has 4 heteroatoms. The van der Waals surface area contributed by atoms with Crippen LogP contribution >= 0.6 is 0 Å². The van der Waals surface area contributed by atoms with Crippen LogP contribution in [0, 0.1) is 0 Å². The molecule has 2 aromatic rings. The molecule has 2 rings (SSSR count). The summed E-state index contributed by atoms with van der Waals surface area (Å²) in [4.78, 5) is 3.96. The maximum atomic E-state index is 6.08. The van der Waals surface area contributed by atoms with Crippen LogP contribution in [0.15, 0.2) is 48.7 Å². The van der Waals surface area contributed by atoms with Gasteiger partial charge in [-0.3, -0.25) is 0 Å². The van der Waals surface area contributed by atoms with Crippen molar-refractivity contribution in [2.75, 3.05) is 12.3 Å². The van der Waals surface area contributed by atoms with Crippen LogP contribution < -0.4 is 16.2 Å². The molecule has 19 heavy (non-hydrogen) atoms. The highest BCUT2D eigenvalue weighted by atomic mass is 16.5. The molecule has 1 atom stereocenters. The van der Waals surface area contributed by atoms with Crippen molar-refractivity contribution in [2.24, 2.45) is 5.73 Å². The zero-order valence-electron chi connectivity index (χ0n) is 10.8. The van der Waals surface area contributed by atoms with Gasteiger partial charge in [-0.15, -0.1) is 0 Å². The van der Waals surface area contributed by atoms with Crippen molar-refractivity contribution in [1.82, 2.24) is 4.98 Å². The summed E-state index contributed by atoms with van der Waals surface area (Å²) in [6.45, 7) is 0.617. The average molecular weight is 257 g/mol. The first-order valence-electron chi connectivity index (χ1n) is 6.38. The van der Waals surface area contributed by atoms with Crippen LogP contribution in [0.5, 0.6) is 5.75 Å². The van der Waals surface area contributed by atoms with Crippen molar-refractivity contribution >= 4 is 5.82 Å². The molecule has 0 aliphatic rings. The van der Waals surface area contributed by atoms with Gasteiger partial charge in [-0.05, 0) is 42.7 Å². The van der Waals surface area contributed by atoms with E-state index in [1.165, 1.54) is 0 Å². The van der Waals surface area contributed by atoms with Crippen molar-refractivity contribution in [1.29, 1.82) is 0 Å². The lowest BCUT2D eigenvalue weighted by atomic mass is 10.1. The number of aromatic nitrogens is 1. The van der Waals surface area contributed by atoms with Gasteiger partial charge in [0.1, 0.15) is 11.6 Å². The van der Waals surface area contributed by atoms with Gasteiger partial charge in [-0.25, -0.2) is 4.98 Å². The normalized spacial score (nSPS) is 12.1. The largest absolute Gasteiger partial charge is 0.494 e. The van der Waals surface area contributed by atoms with Crippen molar-refractivity contribution in [3.05, 3.63) is 54.2 Å². The Bertz CT molecular complexity index is 502. The van der Waals surface area contributed by atoms with Crippen LogP contribution in [0.25, 0.3) is 0 Å². The molecule has 1 aromatic carbocycles. The van der Waals surface area contributed by atoms with Crippen LogP contribution in [-0.4, -0.2) is 17.6 Å². The van der Waals surface area contributed by atoms with E-state index in [9.17, 15) is 0 Å². The Kier molecular flexibility index (Phi) is 4.75. The number of para-hydroxylation sites is 1. The van der Waals surface area contributed by atoms with Gasteiger partial charge in [0.2, 0.25) is 0 Å². The van der Waals surface area contributed by atoms with Crippen molar-refractivity contribution in [3.63, 3.8) is 0 Å². The second-order valence-electron chi connectivity index (χ2n) is 4.50. The minimum absolute atomic E-state index is 0.0607. The predicted octanol–water partition coefficient (Wildman–Crippen LogP) is 2.00. The lowest BCUT2D eigenvalue weighted by Gasteiger charge is -2.12. The molecule has 0 fully saturated rings. The van der Waals surface area contributed by atoms with Gasteiger partial charge in [0.25, 0.3) is 0 Å². The fourth-order valence-electron chi connectivity index (χ4n) is 1.87. The number of hydrogen-bond donors (Lipinski definition) is 2. The van der Waals surface area contributed by atoms with E-state index in [-0.39, 0.29) is 6.04 Å². The van der Waals surface area contributed by atoms with Crippen LogP contribution in [0.2, 0.25) is 0 Å². The van der Waals surface area contributed by atoms with E-state index >= 15 is 0 Å². The first kappa shape index (κ1) is 13.4. The van der Waals surface area contributed by atoms with E-state index in [0.29, 0.717) is 12.4 Å². The van der Waals surface area contributed by atoms with Crippen LogP contribution in [0.4, 0.5) is 5.82 Å². The first-order valence-corrected chi connectivity index (χ1v) is 6.38. The van der Waals surface area contributed by atoms with Crippen LogP contribution in [0.1, 0.15) is 12.0 Å². The summed E-state index contributed by atoms with van der Waals surface area (Å²) in [6.07, 6.45) is 3.29. The summed E-state index contributed by atoms with van der Waals surface area (Å²) in [7, 11) is 0. The lowest BCUT2D eigenvalue weighted by Crippen LogP contribution is -2.25. The third kappa shape index (κ3) is 4.60.